The van der Waals surface area contributed by atoms with E-state index in [1.54, 1.807) is 7.11 Å². The van der Waals surface area contributed by atoms with Crippen molar-refractivity contribution >= 4 is 11.4 Å². The highest BCUT2D eigenvalue weighted by atomic mass is 16.5. The van der Waals surface area contributed by atoms with E-state index in [0.29, 0.717) is 6.61 Å². The van der Waals surface area contributed by atoms with Crippen LogP contribution in [0.4, 0.5) is 5.69 Å². The second-order valence-corrected chi connectivity index (χ2v) is 8.66. The molecule has 0 saturated heterocycles. The average Bonchev–Trinajstić information content (AvgIpc) is 3.37. The Hall–Kier alpha value is -3.56. The van der Waals surface area contributed by atoms with Crippen LogP contribution in [0.5, 0.6) is 0 Å². The molecule has 0 fully saturated rings. The third-order valence-electron chi connectivity index (χ3n) is 6.00. The lowest BCUT2D eigenvalue weighted by atomic mass is 10.0. The normalized spacial score (nSPS) is 10.5. The minimum Gasteiger partial charge on any atom is -0.385 e. The number of unbranched alkanes of at least 4 members (excludes halogenated alkanes) is 1. The summed E-state index contributed by atoms with van der Waals surface area (Å²) in [7, 11) is 1.73. The molecule has 0 amide bonds. The molecule has 35 heavy (non-hydrogen) atoms. The van der Waals surface area contributed by atoms with Gasteiger partial charge < -0.3 is 15.0 Å². The summed E-state index contributed by atoms with van der Waals surface area (Å²) < 4.78 is 5.33. The van der Waals surface area contributed by atoms with Crippen LogP contribution in [0.1, 0.15) is 53.3 Å². The van der Waals surface area contributed by atoms with Gasteiger partial charge in [-0.05, 0) is 74.9 Å². The predicted molar refractivity (Wildman–Crippen MR) is 144 cm³/mol. The zero-order valence-corrected chi connectivity index (χ0v) is 21.4. The Balaban J connectivity index is 1.76. The van der Waals surface area contributed by atoms with Crippen molar-refractivity contribution in [3.8, 4) is 11.8 Å². The number of nitrogens with zero attached hydrogens (tertiary/aromatic N) is 3. The van der Waals surface area contributed by atoms with E-state index in [2.05, 4.69) is 81.9 Å². The molecular weight excluding hydrogens is 434 g/mol. The summed E-state index contributed by atoms with van der Waals surface area (Å²) in [4.78, 5) is 6.71. The van der Waals surface area contributed by atoms with Gasteiger partial charge in [-0.3, -0.25) is 10.1 Å². The molecule has 3 rings (SSSR count). The van der Waals surface area contributed by atoms with Crippen LogP contribution >= 0.6 is 0 Å². The van der Waals surface area contributed by atoms with Crippen molar-refractivity contribution in [2.24, 2.45) is 0 Å². The van der Waals surface area contributed by atoms with Crippen LogP contribution in [-0.2, 0) is 11.2 Å². The van der Waals surface area contributed by atoms with Crippen molar-refractivity contribution in [1.29, 1.82) is 0 Å². The lowest BCUT2D eigenvalue weighted by Gasteiger charge is -2.25. The van der Waals surface area contributed by atoms with Gasteiger partial charge in [-0.25, -0.2) is 0 Å². The van der Waals surface area contributed by atoms with Crippen LogP contribution in [-0.4, -0.2) is 48.5 Å². The number of rotatable bonds is 12. The average molecular weight is 472 g/mol. The van der Waals surface area contributed by atoms with Crippen molar-refractivity contribution < 1.29 is 4.74 Å². The number of methoxy groups -OCH3 is 1. The summed E-state index contributed by atoms with van der Waals surface area (Å²) >= 11 is 0. The molecular formula is C29H37N5O. The maximum absolute atomic E-state index is 5.33. The summed E-state index contributed by atoms with van der Waals surface area (Å²) in [6.07, 6.45) is 8.89. The van der Waals surface area contributed by atoms with E-state index >= 15 is 0 Å². The first-order valence-corrected chi connectivity index (χ1v) is 12.3. The Kier molecular flexibility index (Phi) is 9.94. The quantitative estimate of drug-likeness (QED) is 0.291. The van der Waals surface area contributed by atoms with Gasteiger partial charge >= 0.3 is 0 Å². The van der Waals surface area contributed by atoms with Gasteiger partial charge in [0.2, 0.25) is 0 Å². The zero-order valence-electron chi connectivity index (χ0n) is 21.4. The summed E-state index contributed by atoms with van der Waals surface area (Å²) in [6.45, 7) is 13.7. The van der Waals surface area contributed by atoms with Gasteiger partial charge in [0.05, 0.1) is 18.5 Å². The fourth-order valence-corrected chi connectivity index (χ4v) is 3.92. The Labute approximate surface area is 209 Å². The van der Waals surface area contributed by atoms with E-state index < -0.39 is 0 Å². The Morgan fingerprint density at radius 2 is 1.97 bits per heavy atom. The highest BCUT2D eigenvalue weighted by Crippen LogP contribution is 2.24. The van der Waals surface area contributed by atoms with Gasteiger partial charge in [-0.15, -0.1) is 0 Å². The number of benzene rings is 1. The highest BCUT2D eigenvalue weighted by Gasteiger charge is 2.11. The molecule has 6 heteroatoms. The fraction of sp³-hybridized carbons (Fsp3) is 0.379. The fourth-order valence-electron chi connectivity index (χ4n) is 3.92. The molecule has 0 atom stereocenters. The Morgan fingerprint density at radius 1 is 1.14 bits per heavy atom. The molecule has 0 radical (unpaired) electrons. The van der Waals surface area contributed by atoms with Gasteiger partial charge in [-0.2, -0.15) is 5.10 Å². The number of pyridine rings is 1. The van der Waals surface area contributed by atoms with Crippen LogP contribution in [0.15, 0.2) is 49.4 Å². The number of aromatic nitrogens is 3. The molecule has 2 N–H and O–H groups in total. The van der Waals surface area contributed by atoms with Crippen LogP contribution in [0.25, 0.3) is 5.70 Å². The van der Waals surface area contributed by atoms with Crippen molar-refractivity contribution in [3.05, 3.63) is 82.9 Å². The predicted octanol–water partition coefficient (Wildman–Crippen LogP) is 4.88. The van der Waals surface area contributed by atoms with Crippen LogP contribution < -0.4 is 10.2 Å². The van der Waals surface area contributed by atoms with Crippen LogP contribution in [0.2, 0.25) is 0 Å². The molecule has 0 bridgehead atoms. The monoisotopic (exact) mass is 471 g/mol. The lowest BCUT2D eigenvalue weighted by molar-refractivity contribution is 0.205. The molecule has 2 aromatic heterocycles. The van der Waals surface area contributed by atoms with Crippen molar-refractivity contribution in [2.45, 2.75) is 40.0 Å². The molecule has 0 aliphatic heterocycles. The first-order valence-electron chi connectivity index (χ1n) is 12.3. The van der Waals surface area contributed by atoms with Crippen LogP contribution in [0.3, 0.4) is 0 Å². The molecule has 1 aromatic carbocycles. The van der Waals surface area contributed by atoms with Gasteiger partial charge in [0, 0.05) is 61.7 Å². The SMILES string of the molecule is C=C(NCCCCc1cn[nH]c1)c1ccc(N(CC)CCOC)c(C#Cc2cnc(C)cc2C)c1. The Bertz CT molecular complexity index is 1160. The number of likely N-dealkylation sites (N-methyl/N-ethyl adjacent to an activating group) is 1. The topological polar surface area (TPSA) is 66.1 Å². The molecule has 3 aromatic rings. The second kappa shape index (κ2) is 13.4. The van der Waals surface area contributed by atoms with Crippen molar-refractivity contribution in [2.75, 3.05) is 38.3 Å². The molecule has 0 spiro atoms. The van der Waals surface area contributed by atoms with Gasteiger partial charge in [0.25, 0.3) is 0 Å². The number of ether oxygens (including phenoxy) is 1. The number of H-pyrrole nitrogens is 1. The number of hydrogen-bond acceptors (Lipinski definition) is 5. The summed E-state index contributed by atoms with van der Waals surface area (Å²) in [5.41, 5.74) is 8.37. The first-order chi connectivity index (χ1) is 17.0. The maximum atomic E-state index is 5.33. The summed E-state index contributed by atoms with van der Waals surface area (Å²) in [5.74, 6) is 6.76. The largest absolute Gasteiger partial charge is 0.385 e. The summed E-state index contributed by atoms with van der Waals surface area (Å²) in [6, 6.07) is 8.46. The van der Waals surface area contributed by atoms with E-state index in [9.17, 15) is 0 Å². The standard InChI is InChI=1S/C29H37N5O/c1-6-34(15-16-35-5)29-13-12-26(24(4)30-14-8-7-9-25-19-32-33-20-25)18-27(29)10-11-28-21-31-23(3)17-22(28)2/h12-13,17-21,30H,4,6-9,14-16H2,1-3,5H3,(H,32,33). The minimum atomic E-state index is 0.663. The third kappa shape index (κ3) is 7.73. The number of aromatic amines is 1. The molecule has 2 heterocycles. The van der Waals surface area contributed by atoms with Gasteiger partial charge in [-0.1, -0.05) is 24.5 Å². The molecule has 0 aliphatic rings. The van der Waals surface area contributed by atoms with Crippen LogP contribution in [0, 0.1) is 25.7 Å². The van der Waals surface area contributed by atoms with E-state index in [4.69, 9.17) is 4.74 Å². The Morgan fingerprint density at radius 3 is 2.69 bits per heavy atom. The molecule has 0 saturated carbocycles. The smallest absolute Gasteiger partial charge is 0.0637 e. The van der Waals surface area contributed by atoms with Gasteiger partial charge in [0.1, 0.15) is 0 Å². The maximum Gasteiger partial charge on any atom is 0.0637 e. The van der Waals surface area contributed by atoms with E-state index in [0.717, 1.165) is 78.2 Å². The van der Waals surface area contributed by atoms with E-state index in [1.807, 2.05) is 25.5 Å². The minimum absolute atomic E-state index is 0.663. The number of aryl methyl sites for hydroxylation is 3. The second-order valence-electron chi connectivity index (χ2n) is 8.66. The molecule has 184 valence electrons. The number of nitrogens with one attached hydrogen (secondary N) is 2. The molecule has 6 nitrogen and oxygen atoms in total. The first kappa shape index (κ1) is 26.1. The van der Waals surface area contributed by atoms with E-state index in [1.165, 1.54) is 5.56 Å². The van der Waals surface area contributed by atoms with Crippen molar-refractivity contribution in [3.63, 3.8) is 0 Å². The lowest BCUT2D eigenvalue weighted by Crippen LogP contribution is -2.27. The van der Waals surface area contributed by atoms with E-state index in [-0.39, 0.29) is 0 Å². The molecule has 0 aliphatic carbocycles. The van der Waals surface area contributed by atoms with Gasteiger partial charge in [0.15, 0.2) is 0 Å². The van der Waals surface area contributed by atoms with Crippen molar-refractivity contribution in [1.82, 2.24) is 20.5 Å². The molecule has 0 unspecified atom stereocenters. The summed E-state index contributed by atoms with van der Waals surface area (Å²) in [5, 5.41) is 10.3. The third-order valence-corrected chi connectivity index (χ3v) is 6.00. The highest BCUT2D eigenvalue weighted by molar-refractivity contribution is 5.70. The number of anilines is 1. The number of hydrogen-bond donors (Lipinski definition) is 2. The zero-order chi connectivity index (χ0) is 25.0.